The van der Waals surface area contributed by atoms with E-state index >= 15 is 0 Å². The first kappa shape index (κ1) is 19.5. The summed E-state index contributed by atoms with van der Waals surface area (Å²) in [6, 6.07) is 8.47. The third kappa shape index (κ3) is 3.22. The third-order valence-corrected chi connectivity index (χ3v) is 12.5. The van der Waals surface area contributed by atoms with Crippen molar-refractivity contribution in [3.63, 3.8) is 0 Å². The number of hydrogen-bond donors (Lipinski definition) is 2. The summed E-state index contributed by atoms with van der Waals surface area (Å²) in [6.07, 6.45) is 3.91. The van der Waals surface area contributed by atoms with E-state index in [1.54, 1.807) is 0 Å². The Morgan fingerprint density at radius 2 is 1.54 bits per heavy atom. The van der Waals surface area contributed by atoms with Gasteiger partial charge in [-0.1, -0.05) is 54.4 Å². The van der Waals surface area contributed by atoms with Crippen LogP contribution in [0.1, 0.15) is 72.9 Å². The maximum atomic E-state index is 10.9. The second-order valence-electron chi connectivity index (χ2n) is 9.09. The van der Waals surface area contributed by atoms with Crippen molar-refractivity contribution in [2.75, 3.05) is 0 Å². The van der Waals surface area contributed by atoms with E-state index in [0.29, 0.717) is 16.6 Å². The minimum atomic E-state index is -1.95. The molecule has 0 aliphatic heterocycles. The minimum absolute atomic E-state index is 0.555. The van der Waals surface area contributed by atoms with Gasteiger partial charge >= 0.3 is 0 Å². The monoisotopic (exact) mass is 373 g/mol. The molecule has 0 saturated heterocycles. The maximum Gasteiger partial charge on any atom is 0.258 e. The van der Waals surface area contributed by atoms with Gasteiger partial charge in [0.1, 0.15) is 11.4 Å². The molecule has 1 aliphatic carbocycles. The number of H-pyrrole nitrogens is 1. The molecule has 0 spiro atoms. The van der Waals surface area contributed by atoms with Crippen molar-refractivity contribution in [3.05, 3.63) is 30.0 Å². The van der Waals surface area contributed by atoms with Crippen LogP contribution in [0.2, 0.25) is 16.6 Å². The molecule has 1 aromatic carbocycles. The van der Waals surface area contributed by atoms with Gasteiger partial charge in [0.15, 0.2) is 0 Å². The zero-order valence-corrected chi connectivity index (χ0v) is 18.2. The van der Waals surface area contributed by atoms with Crippen LogP contribution in [0.3, 0.4) is 0 Å². The lowest BCUT2D eigenvalue weighted by Crippen LogP contribution is -2.50. The second kappa shape index (κ2) is 7.04. The highest BCUT2D eigenvalue weighted by molar-refractivity contribution is 6.78. The molecule has 26 heavy (non-hydrogen) atoms. The topological polar surface area (TPSA) is 45.2 Å². The second-order valence-corrected chi connectivity index (χ2v) is 14.5. The predicted octanol–water partition coefficient (Wildman–Crippen LogP) is 6.48. The maximum absolute atomic E-state index is 10.9. The summed E-state index contributed by atoms with van der Waals surface area (Å²) in [5, 5.41) is 12.0. The van der Waals surface area contributed by atoms with E-state index in [1.807, 2.05) is 0 Å². The Kier molecular flexibility index (Phi) is 5.28. The smallest absolute Gasteiger partial charge is 0.258 e. The molecule has 144 valence electrons. The van der Waals surface area contributed by atoms with Crippen LogP contribution in [0, 0.1) is 0 Å². The van der Waals surface area contributed by atoms with Crippen molar-refractivity contribution in [1.82, 2.24) is 4.98 Å². The third-order valence-electron chi connectivity index (χ3n) is 6.53. The molecular weight excluding hydrogens is 338 g/mol. The fourth-order valence-electron chi connectivity index (χ4n) is 5.21. The Hall–Kier alpha value is -1.26. The molecule has 1 aromatic heterocycles. The highest BCUT2D eigenvalue weighted by Gasteiger charge is 2.47. The number of benzene rings is 1. The number of aliphatic hydroxyl groups is 1. The Labute approximate surface area is 159 Å². The highest BCUT2D eigenvalue weighted by Crippen LogP contribution is 2.44. The number of aromatic nitrogens is 1. The van der Waals surface area contributed by atoms with Gasteiger partial charge in [-0.05, 0) is 53.7 Å². The summed E-state index contributed by atoms with van der Waals surface area (Å²) in [6.45, 7) is 13.9. The van der Waals surface area contributed by atoms with Crippen LogP contribution in [0.15, 0.2) is 24.3 Å². The van der Waals surface area contributed by atoms with Gasteiger partial charge in [0.2, 0.25) is 0 Å². The van der Waals surface area contributed by atoms with Crippen LogP contribution in [-0.4, -0.2) is 18.4 Å². The van der Waals surface area contributed by atoms with Gasteiger partial charge in [-0.3, -0.25) is 0 Å². The molecule has 2 N–H and O–H groups in total. The first-order chi connectivity index (χ1) is 12.2. The molecule has 0 amide bonds. The van der Waals surface area contributed by atoms with Gasteiger partial charge in [0, 0.05) is 16.6 Å². The van der Waals surface area contributed by atoms with Gasteiger partial charge in [-0.2, -0.15) is 0 Å². The van der Waals surface area contributed by atoms with Crippen LogP contribution in [0.4, 0.5) is 0 Å². The summed E-state index contributed by atoms with van der Waals surface area (Å²) in [5.74, 6) is 0.976. The molecule has 0 atom stereocenters. The van der Waals surface area contributed by atoms with Crippen LogP contribution >= 0.6 is 0 Å². The van der Waals surface area contributed by atoms with Crippen molar-refractivity contribution in [2.24, 2.45) is 0 Å². The zero-order chi connectivity index (χ0) is 19.1. The summed E-state index contributed by atoms with van der Waals surface area (Å²) in [5.41, 5.74) is 3.03. The molecule has 0 bridgehead atoms. The molecule has 4 heteroatoms. The van der Waals surface area contributed by atoms with Crippen LogP contribution in [0.5, 0.6) is 5.75 Å². The molecule has 2 aromatic rings. The average molecular weight is 374 g/mol. The Bertz CT molecular complexity index is 735. The van der Waals surface area contributed by atoms with Crippen molar-refractivity contribution < 1.29 is 9.53 Å². The lowest BCUT2D eigenvalue weighted by molar-refractivity contribution is 0.0407. The molecular formula is C22H35NO2Si. The minimum Gasteiger partial charge on any atom is -0.543 e. The van der Waals surface area contributed by atoms with Gasteiger partial charge in [0.25, 0.3) is 8.32 Å². The van der Waals surface area contributed by atoms with Crippen molar-refractivity contribution in [2.45, 2.75) is 89.5 Å². The predicted molar refractivity (Wildman–Crippen MR) is 112 cm³/mol. The van der Waals surface area contributed by atoms with E-state index in [-0.39, 0.29) is 0 Å². The summed E-state index contributed by atoms with van der Waals surface area (Å²) in [7, 11) is -1.95. The van der Waals surface area contributed by atoms with E-state index in [4.69, 9.17) is 4.43 Å². The standard InChI is InChI=1S/C22H35NO2Si/c1-15(2)26(16(3)4,17(5)6)25-19-9-10-20-18(13-19)14-21(23-20)22(24)11-7-8-12-22/h9-10,13-17,23-24H,7-8,11-12H2,1-6H3. The van der Waals surface area contributed by atoms with Crippen LogP contribution < -0.4 is 4.43 Å². The molecule has 3 rings (SSSR count). The number of hydrogen-bond acceptors (Lipinski definition) is 2. The van der Waals surface area contributed by atoms with E-state index < -0.39 is 13.9 Å². The lowest BCUT2D eigenvalue weighted by Gasteiger charge is -2.42. The summed E-state index contributed by atoms with van der Waals surface area (Å²) in [4.78, 5) is 3.44. The normalized spacial score (nSPS) is 17.8. The number of fused-ring (bicyclic) bond motifs is 1. The SMILES string of the molecule is CC(C)[Si](Oc1ccc2[nH]c(C3(O)CCCC3)cc2c1)(C(C)C)C(C)C. The van der Waals surface area contributed by atoms with Crippen LogP contribution in [0.25, 0.3) is 10.9 Å². The molecule has 3 nitrogen and oxygen atoms in total. The Balaban J connectivity index is 1.96. The molecule has 1 heterocycles. The number of aromatic amines is 1. The Morgan fingerprint density at radius 3 is 2.08 bits per heavy atom. The molecule has 1 saturated carbocycles. The van der Waals surface area contributed by atoms with Crippen molar-refractivity contribution in [1.29, 1.82) is 0 Å². The van der Waals surface area contributed by atoms with Gasteiger partial charge < -0.3 is 14.5 Å². The van der Waals surface area contributed by atoms with Crippen molar-refractivity contribution in [3.8, 4) is 5.75 Å². The first-order valence-electron chi connectivity index (χ1n) is 10.2. The molecule has 1 fully saturated rings. The largest absolute Gasteiger partial charge is 0.543 e. The van der Waals surface area contributed by atoms with E-state index in [0.717, 1.165) is 48.0 Å². The number of nitrogens with one attached hydrogen (secondary N) is 1. The number of rotatable bonds is 6. The summed E-state index contributed by atoms with van der Waals surface area (Å²) < 4.78 is 6.82. The lowest BCUT2D eigenvalue weighted by atomic mass is 9.98. The summed E-state index contributed by atoms with van der Waals surface area (Å²) >= 11 is 0. The zero-order valence-electron chi connectivity index (χ0n) is 17.2. The van der Waals surface area contributed by atoms with Crippen molar-refractivity contribution >= 4 is 19.2 Å². The fraction of sp³-hybridized carbons (Fsp3) is 0.636. The highest BCUT2D eigenvalue weighted by atomic mass is 28.4. The molecule has 1 aliphatic rings. The van der Waals surface area contributed by atoms with E-state index in [2.05, 4.69) is 70.8 Å². The van der Waals surface area contributed by atoms with Gasteiger partial charge in [-0.15, -0.1) is 0 Å². The van der Waals surface area contributed by atoms with Crippen LogP contribution in [-0.2, 0) is 5.60 Å². The van der Waals surface area contributed by atoms with E-state index in [9.17, 15) is 5.11 Å². The quantitative estimate of drug-likeness (QED) is 0.569. The molecule has 0 radical (unpaired) electrons. The fourth-order valence-corrected chi connectivity index (χ4v) is 10.5. The first-order valence-corrected chi connectivity index (χ1v) is 12.4. The average Bonchev–Trinajstić information content (AvgIpc) is 3.18. The van der Waals surface area contributed by atoms with E-state index in [1.165, 1.54) is 0 Å². The van der Waals surface area contributed by atoms with Gasteiger partial charge in [-0.25, -0.2) is 0 Å². The molecule has 0 unspecified atom stereocenters. The van der Waals surface area contributed by atoms with Gasteiger partial charge in [0.05, 0.1) is 0 Å². The Morgan fingerprint density at radius 1 is 0.962 bits per heavy atom.